The highest BCUT2D eigenvalue weighted by atomic mass is 16.6. The monoisotopic (exact) mass is 947 g/mol. The molecule has 6 heteroatoms. The molecular formula is C61H118O6. The SMILES string of the molecule is CCCCCCCCCCCCCCCCCCCCCC(=O)O[C@H](COC(=O)CCCCCCCCCCCCCCCCCCC(C)C)COC(=O)CCCCCCCCCCC(C)C. The minimum Gasteiger partial charge on any atom is -0.462 e. The molecule has 1 atom stereocenters. The van der Waals surface area contributed by atoms with E-state index in [9.17, 15) is 14.4 Å². The van der Waals surface area contributed by atoms with Crippen LogP contribution in [-0.4, -0.2) is 37.2 Å². The summed E-state index contributed by atoms with van der Waals surface area (Å²) in [4.78, 5) is 38.2. The number of esters is 3. The third kappa shape index (κ3) is 55.2. The maximum absolute atomic E-state index is 12.9. The largest absolute Gasteiger partial charge is 0.462 e. The van der Waals surface area contributed by atoms with E-state index in [1.807, 2.05) is 0 Å². The summed E-state index contributed by atoms with van der Waals surface area (Å²) in [5, 5.41) is 0. The van der Waals surface area contributed by atoms with Crippen LogP contribution in [0.2, 0.25) is 0 Å². The average molecular weight is 948 g/mol. The number of hydrogen-bond donors (Lipinski definition) is 0. The molecule has 0 bridgehead atoms. The van der Waals surface area contributed by atoms with Crippen LogP contribution in [-0.2, 0) is 28.6 Å². The van der Waals surface area contributed by atoms with Crippen LogP contribution < -0.4 is 0 Å². The van der Waals surface area contributed by atoms with Crippen molar-refractivity contribution in [3.8, 4) is 0 Å². The van der Waals surface area contributed by atoms with Gasteiger partial charge in [0.25, 0.3) is 0 Å². The summed E-state index contributed by atoms with van der Waals surface area (Å²) in [5.41, 5.74) is 0. The third-order valence-electron chi connectivity index (χ3n) is 14.0. The van der Waals surface area contributed by atoms with Crippen LogP contribution in [0.3, 0.4) is 0 Å². The molecule has 0 amide bonds. The quantitative estimate of drug-likeness (QED) is 0.0343. The second kappa shape index (κ2) is 53.8. The van der Waals surface area contributed by atoms with E-state index in [1.165, 1.54) is 231 Å². The van der Waals surface area contributed by atoms with Crippen LogP contribution in [0.1, 0.15) is 343 Å². The van der Waals surface area contributed by atoms with E-state index in [0.717, 1.165) is 69.6 Å². The first-order valence-electron chi connectivity index (χ1n) is 30.2. The molecule has 0 fully saturated rings. The lowest BCUT2D eigenvalue weighted by molar-refractivity contribution is -0.167. The van der Waals surface area contributed by atoms with Crippen LogP contribution in [0.4, 0.5) is 0 Å². The van der Waals surface area contributed by atoms with Gasteiger partial charge in [-0.3, -0.25) is 14.4 Å². The molecule has 0 unspecified atom stereocenters. The van der Waals surface area contributed by atoms with Gasteiger partial charge in [0.2, 0.25) is 0 Å². The molecule has 0 spiro atoms. The summed E-state index contributed by atoms with van der Waals surface area (Å²) in [5.74, 6) is 0.810. The Hall–Kier alpha value is -1.59. The number of unbranched alkanes of at least 4 members (excludes halogenated alkanes) is 40. The molecule has 0 aliphatic carbocycles. The van der Waals surface area contributed by atoms with Gasteiger partial charge in [-0.05, 0) is 31.1 Å². The van der Waals surface area contributed by atoms with Gasteiger partial charge < -0.3 is 14.2 Å². The zero-order chi connectivity index (χ0) is 48.9. The predicted molar refractivity (Wildman–Crippen MR) is 289 cm³/mol. The normalized spacial score (nSPS) is 12.0. The Morgan fingerprint density at radius 2 is 0.493 bits per heavy atom. The van der Waals surface area contributed by atoms with Gasteiger partial charge in [-0.1, -0.05) is 304 Å². The van der Waals surface area contributed by atoms with Gasteiger partial charge in [0, 0.05) is 19.3 Å². The molecule has 67 heavy (non-hydrogen) atoms. The van der Waals surface area contributed by atoms with Gasteiger partial charge in [0.05, 0.1) is 0 Å². The van der Waals surface area contributed by atoms with Crippen molar-refractivity contribution in [3.63, 3.8) is 0 Å². The molecule has 6 nitrogen and oxygen atoms in total. The molecule has 0 aromatic heterocycles. The Kier molecular flexibility index (Phi) is 52.5. The standard InChI is InChI=1S/C61H118O6/c1-6-7-8-9-10-11-12-13-14-15-16-17-22-25-28-31-38-43-48-53-61(64)67-58(55-66-60(63)52-47-42-37-33-32-35-40-45-50-57(4)5)54-65-59(62)51-46-41-36-30-27-24-21-19-18-20-23-26-29-34-39-44-49-56(2)3/h56-58H,6-55H2,1-5H3/t58-/m1/s1. The van der Waals surface area contributed by atoms with Crippen molar-refractivity contribution in [2.45, 2.75) is 349 Å². The zero-order valence-corrected chi connectivity index (χ0v) is 46.0. The van der Waals surface area contributed by atoms with Crippen LogP contribution in [0.15, 0.2) is 0 Å². The molecule has 0 rings (SSSR count). The molecule has 0 radical (unpaired) electrons. The van der Waals surface area contributed by atoms with Gasteiger partial charge in [-0.25, -0.2) is 0 Å². The Balaban J connectivity index is 4.24. The van der Waals surface area contributed by atoms with Gasteiger partial charge in [0.1, 0.15) is 13.2 Å². The summed E-state index contributed by atoms with van der Waals surface area (Å²) < 4.78 is 16.9. The minimum absolute atomic E-state index is 0.0628. The predicted octanol–water partition coefficient (Wildman–Crippen LogP) is 20.0. The molecule has 0 saturated heterocycles. The minimum atomic E-state index is -0.763. The maximum atomic E-state index is 12.9. The van der Waals surface area contributed by atoms with Crippen LogP contribution >= 0.6 is 0 Å². The highest BCUT2D eigenvalue weighted by Crippen LogP contribution is 2.18. The van der Waals surface area contributed by atoms with E-state index < -0.39 is 6.10 Å². The van der Waals surface area contributed by atoms with Gasteiger partial charge in [-0.15, -0.1) is 0 Å². The lowest BCUT2D eigenvalue weighted by atomic mass is 10.0. The van der Waals surface area contributed by atoms with E-state index in [2.05, 4.69) is 34.6 Å². The van der Waals surface area contributed by atoms with Gasteiger partial charge >= 0.3 is 17.9 Å². The fourth-order valence-corrected chi connectivity index (χ4v) is 9.40. The van der Waals surface area contributed by atoms with Crippen molar-refractivity contribution in [2.75, 3.05) is 13.2 Å². The molecule has 0 saturated carbocycles. The first-order chi connectivity index (χ1) is 32.7. The Morgan fingerprint density at radius 3 is 0.731 bits per heavy atom. The topological polar surface area (TPSA) is 78.9 Å². The fourth-order valence-electron chi connectivity index (χ4n) is 9.40. The van der Waals surface area contributed by atoms with Crippen molar-refractivity contribution >= 4 is 17.9 Å². The lowest BCUT2D eigenvalue weighted by Gasteiger charge is -2.18. The Bertz CT molecular complexity index is 1020. The van der Waals surface area contributed by atoms with E-state index >= 15 is 0 Å². The fraction of sp³-hybridized carbons (Fsp3) is 0.951. The van der Waals surface area contributed by atoms with Gasteiger partial charge in [-0.2, -0.15) is 0 Å². The highest BCUT2D eigenvalue weighted by Gasteiger charge is 2.19. The highest BCUT2D eigenvalue weighted by molar-refractivity contribution is 5.71. The summed E-state index contributed by atoms with van der Waals surface area (Å²) >= 11 is 0. The van der Waals surface area contributed by atoms with E-state index in [1.54, 1.807) is 0 Å². The second-order valence-electron chi connectivity index (χ2n) is 21.9. The first kappa shape index (κ1) is 65.4. The number of carbonyl (C=O) groups is 3. The molecule has 0 N–H and O–H groups in total. The third-order valence-corrected chi connectivity index (χ3v) is 14.0. The van der Waals surface area contributed by atoms with E-state index in [-0.39, 0.29) is 31.1 Å². The second-order valence-corrected chi connectivity index (χ2v) is 21.9. The lowest BCUT2D eigenvalue weighted by Crippen LogP contribution is -2.30. The summed E-state index contributed by atoms with van der Waals surface area (Å²) in [6, 6.07) is 0. The maximum Gasteiger partial charge on any atom is 0.306 e. The van der Waals surface area contributed by atoms with Crippen molar-refractivity contribution in [3.05, 3.63) is 0 Å². The Morgan fingerprint density at radius 1 is 0.284 bits per heavy atom. The van der Waals surface area contributed by atoms with Crippen molar-refractivity contribution in [1.82, 2.24) is 0 Å². The summed E-state index contributed by atoms with van der Waals surface area (Å²) in [6.07, 6.45) is 58.2. The molecule has 0 aromatic rings. The first-order valence-corrected chi connectivity index (χ1v) is 30.2. The number of ether oxygens (including phenoxy) is 3. The molecule has 398 valence electrons. The van der Waals surface area contributed by atoms with E-state index in [4.69, 9.17) is 14.2 Å². The molecule has 0 aliphatic rings. The number of carbonyl (C=O) groups excluding carboxylic acids is 3. The van der Waals surface area contributed by atoms with Crippen LogP contribution in [0, 0.1) is 11.8 Å². The molecule has 0 aromatic carbocycles. The van der Waals surface area contributed by atoms with Crippen molar-refractivity contribution < 1.29 is 28.6 Å². The average Bonchev–Trinajstić information content (AvgIpc) is 3.30. The van der Waals surface area contributed by atoms with Crippen LogP contribution in [0.5, 0.6) is 0 Å². The summed E-state index contributed by atoms with van der Waals surface area (Å²) in [7, 11) is 0. The van der Waals surface area contributed by atoms with Gasteiger partial charge in [0.15, 0.2) is 6.10 Å². The summed E-state index contributed by atoms with van der Waals surface area (Å²) in [6.45, 7) is 11.4. The van der Waals surface area contributed by atoms with E-state index in [0.29, 0.717) is 19.3 Å². The zero-order valence-electron chi connectivity index (χ0n) is 46.0. The van der Waals surface area contributed by atoms with Crippen molar-refractivity contribution in [1.29, 1.82) is 0 Å². The van der Waals surface area contributed by atoms with Crippen LogP contribution in [0.25, 0.3) is 0 Å². The number of rotatable bonds is 55. The smallest absolute Gasteiger partial charge is 0.306 e. The Labute approximate surface area is 418 Å². The molecule has 0 heterocycles. The molecule has 0 aliphatic heterocycles. The molecular weight excluding hydrogens is 829 g/mol. The van der Waals surface area contributed by atoms with Crippen molar-refractivity contribution in [2.24, 2.45) is 11.8 Å². The number of hydrogen-bond acceptors (Lipinski definition) is 6.